The van der Waals surface area contributed by atoms with E-state index in [4.69, 9.17) is 0 Å². The zero-order valence-corrected chi connectivity index (χ0v) is 10.3. The van der Waals surface area contributed by atoms with Crippen LogP contribution in [0.2, 0.25) is 0 Å². The van der Waals surface area contributed by atoms with E-state index in [0.29, 0.717) is 13.0 Å². The third kappa shape index (κ3) is 2.58. The number of halogens is 2. The molecule has 2 unspecified atom stereocenters. The van der Waals surface area contributed by atoms with Crippen molar-refractivity contribution >= 4 is 15.9 Å². The molecule has 15 heavy (non-hydrogen) atoms. The lowest BCUT2D eigenvalue weighted by Crippen LogP contribution is -2.41. The summed E-state index contributed by atoms with van der Waals surface area (Å²) in [5.41, 5.74) is 0.186. The van der Waals surface area contributed by atoms with E-state index in [2.05, 4.69) is 27.3 Å². The van der Waals surface area contributed by atoms with Crippen molar-refractivity contribution in [2.45, 2.75) is 31.5 Å². The van der Waals surface area contributed by atoms with Gasteiger partial charge in [0, 0.05) is 17.1 Å². The Morgan fingerprint density at radius 3 is 2.80 bits per heavy atom. The zero-order chi connectivity index (χ0) is 10.9. The molecule has 1 aliphatic heterocycles. The van der Waals surface area contributed by atoms with Crippen molar-refractivity contribution in [2.75, 3.05) is 6.54 Å². The maximum Gasteiger partial charge on any atom is 0.120 e. The van der Waals surface area contributed by atoms with Crippen molar-refractivity contribution in [3.63, 3.8) is 0 Å². The first kappa shape index (κ1) is 11.1. The van der Waals surface area contributed by atoms with Crippen molar-refractivity contribution in [3.05, 3.63) is 34.3 Å². The number of alkyl halides is 1. The minimum Gasteiger partial charge on any atom is -0.307 e. The summed E-state index contributed by atoms with van der Waals surface area (Å²) in [5.74, 6) is 0. The lowest BCUT2D eigenvalue weighted by atomic mass is 9.90. The van der Waals surface area contributed by atoms with E-state index in [9.17, 15) is 4.39 Å². The highest BCUT2D eigenvalue weighted by molar-refractivity contribution is 9.10. The normalized spacial score (nSPS) is 31.5. The maximum atomic E-state index is 13.6. The molecular formula is C12H15BrFN. The van der Waals surface area contributed by atoms with Crippen molar-refractivity contribution in [1.82, 2.24) is 5.32 Å². The number of piperidine rings is 1. The van der Waals surface area contributed by atoms with Gasteiger partial charge in [-0.3, -0.25) is 0 Å². The predicted octanol–water partition coefficient (Wildman–Crippen LogP) is 3.60. The molecular weight excluding hydrogens is 257 g/mol. The molecule has 1 N–H and O–H groups in total. The molecule has 0 bridgehead atoms. The molecule has 0 aromatic heterocycles. The van der Waals surface area contributed by atoms with Gasteiger partial charge in [-0.15, -0.1) is 0 Å². The van der Waals surface area contributed by atoms with E-state index in [1.807, 2.05) is 18.2 Å². The summed E-state index contributed by atoms with van der Waals surface area (Å²) in [6.07, 6.45) is 1.49. The molecule has 0 spiro atoms. The molecule has 2 atom stereocenters. The smallest absolute Gasteiger partial charge is 0.120 e. The summed E-state index contributed by atoms with van der Waals surface area (Å²) >= 11 is 3.53. The third-order valence-corrected chi connectivity index (χ3v) is 3.67. The van der Waals surface area contributed by atoms with Crippen LogP contribution in [-0.4, -0.2) is 12.2 Å². The fraction of sp³-hybridized carbons (Fsp3) is 0.500. The van der Waals surface area contributed by atoms with Gasteiger partial charge >= 0.3 is 0 Å². The van der Waals surface area contributed by atoms with E-state index < -0.39 is 5.67 Å². The van der Waals surface area contributed by atoms with Crippen LogP contribution in [0.15, 0.2) is 28.7 Å². The molecule has 1 aliphatic rings. The summed E-state index contributed by atoms with van der Waals surface area (Å²) in [5, 5.41) is 3.26. The van der Waals surface area contributed by atoms with Gasteiger partial charge < -0.3 is 5.32 Å². The molecule has 1 saturated heterocycles. The van der Waals surface area contributed by atoms with Gasteiger partial charge in [0.2, 0.25) is 0 Å². The number of hydrogen-bond acceptors (Lipinski definition) is 1. The average Bonchev–Trinajstić information content (AvgIpc) is 2.19. The van der Waals surface area contributed by atoms with Gasteiger partial charge in [-0.25, -0.2) is 4.39 Å². The summed E-state index contributed by atoms with van der Waals surface area (Å²) in [4.78, 5) is 0. The van der Waals surface area contributed by atoms with Crippen molar-refractivity contribution in [3.8, 4) is 0 Å². The Morgan fingerprint density at radius 1 is 1.47 bits per heavy atom. The van der Waals surface area contributed by atoms with Crippen LogP contribution < -0.4 is 5.32 Å². The van der Waals surface area contributed by atoms with Crippen LogP contribution in [0.1, 0.15) is 31.4 Å². The molecule has 1 nitrogen and oxygen atoms in total. The highest BCUT2D eigenvalue weighted by Gasteiger charge is 2.31. The maximum absolute atomic E-state index is 13.6. The first-order valence-electron chi connectivity index (χ1n) is 5.25. The molecule has 2 rings (SSSR count). The van der Waals surface area contributed by atoms with Crippen LogP contribution in [0.3, 0.4) is 0 Å². The third-order valence-electron chi connectivity index (χ3n) is 2.95. The van der Waals surface area contributed by atoms with Crippen molar-refractivity contribution < 1.29 is 4.39 Å². The van der Waals surface area contributed by atoms with E-state index in [1.54, 1.807) is 6.92 Å². The molecule has 0 amide bonds. The van der Waals surface area contributed by atoms with Crippen molar-refractivity contribution in [1.29, 1.82) is 0 Å². The predicted molar refractivity (Wildman–Crippen MR) is 63.6 cm³/mol. The monoisotopic (exact) mass is 271 g/mol. The lowest BCUT2D eigenvalue weighted by molar-refractivity contribution is 0.125. The Morgan fingerprint density at radius 2 is 2.20 bits per heavy atom. The van der Waals surface area contributed by atoms with E-state index in [0.717, 1.165) is 10.9 Å². The molecule has 0 saturated carbocycles. The summed E-state index contributed by atoms with van der Waals surface area (Å²) < 4.78 is 14.7. The van der Waals surface area contributed by atoms with Crippen LogP contribution in [0.4, 0.5) is 4.39 Å². The molecule has 1 heterocycles. The van der Waals surface area contributed by atoms with Crippen LogP contribution in [0.5, 0.6) is 0 Å². The number of rotatable bonds is 1. The van der Waals surface area contributed by atoms with Crippen LogP contribution in [0, 0.1) is 0 Å². The van der Waals surface area contributed by atoms with Gasteiger partial charge in [0.1, 0.15) is 5.67 Å². The molecule has 1 aromatic carbocycles. The van der Waals surface area contributed by atoms with Gasteiger partial charge in [0.15, 0.2) is 0 Å². The largest absolute Gasteiger partial charge is 0.307 e. The van der Waals surface area contributed by atoms with Crippen LogP contribution in [-0.2, 0) is 0 Å². The highest BCUT2D eigenvalue weighted by Crippen LogP contribution is 2.33. The fourth-order valence-corrected chi connectivity index (χ4v) is 2.56. The Hall–Kier alpha value is -0.410. The first-order chi connectivity index (χ1) is 7.08. The molecule has 3 heteroatoms. The first-order valence-corrected chi connectivity index (χ1v) is 6.04. The topological polar surface area (TPSA) is 12.0 Å². The standard InChI is InChI=1S/C12H15BrFN/c1-12(14)7-6-11(15-8-12)9-4-2-3-5-10(9)13/h2-5,11,15H,6-8H2,1H3. The minimum atomic E-state index is -1.04. The Balaban J connectivity index is 2.11. The SMILES string of the molecule is CC1(F)CCC(c2ccccc2Br)NC1. The minimum absolute atomic E-state index is 0.282. The molecule has 0 aliphatic carbocycles. The molecule has 1 aromatic rings. The van der Waals surface area contributed by atoms with Gasteiger partial charge in [0.25, 0.3) is 0 Å². The molecule has 0 radical (unpaired) electrons. The Kier molecular flexibility index (Phi) is 3.12. The second kappa shape index (κ2) is 4.22. The quantitative estimate of drug-likeness (QED) is 0.823. The molecule has 82 valence electrons. The van der Waals surface area contributed by atoms with Crippen LogP contribution in [0.25, 0.3) is 0 Å². The van der Waals surface area contributed by atoms with Gasteiger partial charge in [0.05, 0.1) is 0 Å². The van der Waals surface area contributed by atoms with E-state index in [-0.39, 0.29) is 6.04 Å². The average molecular weight is 272 g/mol. The van der Waals surface area contributed by atoms with Gasteiger partial charge in [-0.1, -0.05) is 34.1 Å². The number of hydrogen-bond donors (Lipinski definition) is 1. The number of nitrogens with one attached hydrogen (secondary N) is 1. The van der Waals surface area contributed by atoms with Crippen molar-refractivity contribution in [2.24, 2.45) is 0 Å². The van der Waals surface area contributed by atoms with E-state index >= 15 is 0 Å². The lowest BCUT2D eigenvalue weighted by Gasteiger charge is -2.33. The highest BCUT2D eigenvalue weighted by atomic mass is 79.9. The van der Waals surface area contributed by atoms with Gasteiger partial charge in [-0.2, -0.15) is 0 Å². The molecule has 1 fully saturated rings. The number of benzene rings is 1. The Bertz CT molecular complexity index is 341. The second-order valence-electron chi connectivity index (χ2n) is 4.41. The summed E-state index contributed by atoms with van der Waals surface area (Å²) in [7, 11) is 0. The van der Waals surface area contributed by atoms with Crippen LogP contribution >= 0.6 is 15.9 Å². The van der Waals surface area contributed by atoms with E-state index in [1.165, 1.54) is 5.56 Å². The summed E-state index contributed by atoms with van der Waals surface area (Å²) in [6, 6.07) is 8.41. The second-order valence-corrected chi connectivity index (χ2v) is 5.26. The fourth-order valence-electron chi connectivity index (χ4n) is 1.99. The Labute approximate surface area is 98.2 Å². The zero-order valence-electron chi connectivity index (χ0n) is 8.76. The summed E-state index contributed by atoms with van der Waals surface area (Å²) in [6.45, 7) is 2.11. The van der Waals surface area contributed by atoms with Gasteiger partial charge in [-0.05, 0) is 31.4 Å².